The van der Waals surface area contributed by atoms with E-state index in [-0.39, 0.29) is 30.0 Å². The molecule has 0 saturated heterocycles. The number of hydrogen-bond acceptors (Lipinski definition) is 5. The minimum absolute atomic E-state index is 0.0996. The van der Waals surface area contributed by atoms with Crippen molar-refractivity contribution in [2.45, 2.75) is 33.2 Å². The second-order valence-electron chi connectivity index (χ2n) is 6.19. The van der Waals surface area contributed by atoms with Crippen LogP contribution in [0.3, 0.4) is 0 Å². The predicted molar refractivity (Wildman–Crippen MR) is 101 cm³/mol. The van der Waals surface area contributed by atoms with Crippen LogP contribution in [-0.2, 0) is 9.53 Å². The SMILES string of the molecule is CCOC(=O)c1c(C)[nH]c(C(=O)C(=O)N[C@H](CC)CO)c1-c1ccc(F)cc1. The molecule has 2 rings (SSSR count). The van der Waals surface area contributed by atoms with Gasteiger partial charge in [0.05, 0.1) is 24.8 Å². The van der Waals surface area contributed by atoms with Crippen LogP contribution in [0.5, 0.6) is 0 Å². The molecule has 2 aromatic rings. The molecule has 0 unspecified atom stereocenters. The molecule has 1 heterocycles. The number of aromatic nitrogens is 1. The molecule has 7 nitrogen and oxygen atoms in total. The fourth-order valence-electron chi connectivity index (χ4n) is 2.80. The van der Waals surface area contributed by atoms with Crippen LogP contribution in [0.25, 0.3) is 11.1 Å². The van der Waals surface area contributed by atoms with Crippen LogP contribution >= 0.6 is 0 Å². The molecule has 150 valence electrons. The van der Waals surface area contributed by atoms with Crippen LogP contribution in [0.2, 0.25) is 0 Å². The van der Waals surface area contributed by atoms with Crippen LogP contribution in [0, 0.1) is 12.7 Å². The van der Waals surface area contributed by atoms with E-state index in [1.165, 1.54) is 24.3 Å². The molecular weight excluding hydrogens is 367 g/mol. The highest BCUT2D eigenvalue weighted by molar-refractivity contribution is 6.44. The van der Waals surface area contributed by atoms with Gasteiger partial charge in [0.15, 0.2) is 0 Å². The lowest BCUT2D eigenvalue weighted by atomic mass is 9.98. The molecule has 1 amide bonds. The third kappa shape index (κ3) is 4.45. The number of Topliss-reactive ketones (excluding diaryl/α,β-unsaturated/α-hetero) is 1. The van der Waals surface area contributed by atoms with Crippen LogP contribution < -0.4 is 5.32 Å². The molecule has 0 spiro atoms. The van der Waals surface area contributed by atoms with Crippen molar-refractivity contribution < 1.29 is 28.6 Å². The summed E-state index contributed by atoms with van der Waals surface area (Å²) in [6, 6.07) is 4.65. The van der Waals surface area contributed by atoms with Crippen molar-refractivity contribution in [3.63, 3.8) is 0 Å². The fourth-order valence-corrected chi connectivity index (χ4v) is 2.80. The number of nitrogens with one attached hydrogen (secondary N) is 2. The molecule has 3 N–H and O–H groups in total. The first-order chi connectivity index (χ1) is 13.3. The van der Waals surface area contributed by atoms with Crippen LogP contribution in [0.15, 0.2) is 24.3 Å². The molecule has 0 bridgehead atoms. The third-order valence-corrected chi connectivity index (χ3v) is 4.28. The Labute approximate surface area is 161 Å². The van der Waals surface area contributed by atoms with E-state index in [0.29, 0.717) is 17.7 Å². The summed E-state index contributed by atoms with van der Waals surface area (Å²) in [5.74, 6) is -2.95. The Balaban J connectivity index is 2.56. The first-order valence-corrected chi connectivity index (χ1v) is 8.95. The number of ether oxygens (including phenoxy) is 1. The van der Waals surface area contributed by atoms with Crippen molar-refractivity contribution >= 4 is 17.7 Å². The number of carbonyl (C=O) groups excluding carboxylic acids is 3. The highest BCUT2D eigenvalue weighted by atomic mass is 19.1. The average molecular weight is 390 g/mol. The van der Waals surface area contributed by atoms with E-state index in [0.717, 1.165) is 0 Å². The van der Waals surface area contributed by atoms with Crippen molar-refractivity contribution in [3.8, 4) is 11.1 Å². The maximum absolute atomic E-state index is 13.3. The lowest BCUT2D eigenvalue weighted by Gasteiger charge is -2.13. The number of H-pyrrole nitrogens is 1. The van der Waals surface area contributed by atoms with Gasteiger partial charge >= 0.3 is 5.97 Å². The minimum atomic E-state index is -0.916. The Morgan fingerprint density at radius 2 is 1.86 bits per heavy atom. The number of carbonyl (C=O) groups is 3. The Morgan fingerprint density at radius 1 is 1.21 bits per heavy atom. The van der Waals surface area contributed by atoms with Crippen molar-refractivity contribution in [2.75, 3.05) is 13.2 Å². The molecule has 28 heavy (non-hydrogen) atoms. The number of aromatic amines is 1. The molecule has 0 aliphatic carbocycles. The molecule has 0 aliphatic rings. The predicted octanol–water partition coefficient (Wildman–Crippen LogP) is 2.38. The van der Waals surface area contributed by atoms with Crippen LogP contribution in [-0.4, -0.2) is 47.0 Å². The lowest BCUT2D eigenvalue weighted by molar-refractivity contribution is -0.118. The van der Waals surface area contributed by atoms with Gasteiger partial charge < -0.3 is 20.1 Å². The van der Waals surface area contributed by atoms with E-state index in [9.17, 15) is 23.9 Å². The average Bonchev–Trinajstić information content (AvgIpc) is 3.03. The summed E-state index contributed by atoms with van der Waals surface area (Å²) in [6.45, 7) is 4.81. The Kier molecular flexibility index (Phi) is 7.06. The maximum atomic E-state index is 13.3. The zero-order chi connectivity index (χ0) is 20.8. The normalized spacial score (nSPS) is 11.8. The number of rotatable bonds is 8. The zero-order valence-corrected chi connectivity index (χ0v) is 16.0. The van der Waals surface area contributed by atoms with E-state index >= 15 is 0 Å². The molecule has 0 fully saturated rings. The highest BCUT2D eigenvalue weighted by Crippen LogP contribution is 2.31. The van der Waals surface area contributed by atoms with Gasteiger partial charge in [-0.15, -0.1) is 0 Å². The summed E-state index contributed by atoms with van der Waals surface area (Å²) >= 11 is 0. The van der Waals surface area contributed by atoms with E-state index in [2.05, 4.69) is 10.3 Å². The number of aliphatic hydroxyl groups is 1. The van der Waals surface area contributed by atoms with Crippen molar-refractivity contribution in [2.24, 2.45) is 0 Å². The summed E-state index contributed by atoms with van der Waals surface area (Å²) in [5, 5.41) is 11.7. The second kappa shape index (κ2) is 9.27. The van der Waals surface area contributed by atoms with E-state index in [4.69, 9.17) is 4.74 Å². The van der Waals surface area contributed by atoms with Gasteiger partial charge in [-0.25, -0.2) is 9.18 Å². The molecule has 0 aliphatic heterocycles. The molecule has 8 heteroatoms. The fraction of sp³-hybridized carbons (Fsp3) is 0.350. The number of hydrogen-bond donors (Lipinski definition) is 3. The van der Waals surface area contributed by atoms with Gasteiger partial charge in [0.1, 0.15) is 11.5 Å². The molecule has 1 atom stereocenters. The summed E-state index contributed by atoms with van der Waals surface area (Å²) in [7, 11) is 0. The molecule has 1 aromatic carbocycles. The Bertz CT molecular complexity index is 869. The highest BCUT2D eigenvalue weighted by Gasteiger charge is 2.30. The molecule has 0 saturated carbocycles. The topological polar surface area (TPSA) is 108 Å². The molecular formula is C20H23FN2O5. The number of aryl methyl sites for hydroxylation is 1. The monoisotopic (exact) mass is 390 g/mol. The summed E-state index contributed by atoms with van der Waals surface area (Å²) < 4.78 is 18.4. The number of amides is 1. The van der Waals surface area contributed by atoms with E-state index in [1.807, 2.05) is 0 Å². The number of esters is 1. The van der Waals surface area contributed by atoms with Gasteiger partial charge in [0.25, 0.3) is 11.7 Å². The second-order valence-corrected chi connectivity index (χ2v) is 6.19. The van der Waals surface area contributed by atoms with Gasteiger partial charge in [-0.1, -0.05) is 19.1 Å². The van der Waals surface area contributed by atoms with Gasteiger partial charge in [-0.2, -0.15) is 0 Å². The summed E-state index contributed by atoms with van der Waals surface area (Å²) in [4.78, 5) is 40.4. The minimum Gasteiger partial charge on any atom is -0.462 e. The Morgan fingerprint density at radius 3 is 2.39 bits per heavy atom. The third-order valence-electron chi connectivity index (χ3n) is 4.28. The van der Waals surface area contributed by atoms with Gasteiger partial charge in [0.2, 0.25) is 0 Å². The number of ketones is 1. The van der Waals surface area contributed by atoms with Gasteiger partial charge in [0, 0.05) is 11.3 Å². The quantitative estimate of drug-likeness (QED) is 0.364. The van der Waals surface area contributed by atoms with E-state index in [1.54, 1.807) is 20.8 Å². The van der Waals surface area contributed by atoms with Crippen LogP contribution in [0.4, 0.5) is 4.39 Å². The number of benzene rings is 1. The number of halogens is 1. The number of aliphatic hydroxyl groups excluding tert-OH is 1. The maximum Gasteiger partial charge on any atom is 0.340 e. The first kappa shape index (κ1) is 21.3. The standard InChI is InChI=1S/C20H23FN2O5/c1-4-14(10-24)23-19(26)18(25)17-16(12-6-8-13(21)9-7-12)15(11(3)22-17)20(27)28-5-2/h6-9,14,22,24H,4-5,10H2,1-3H3,(H,23,26)/t14-/m1/s1. The smallest absolute Gasteiger partial charge is 0.340 e. The van der Waals surface area contributed by atoms with Gasteiger partial charge in [-0.05, 0) is 38.0 Å². The summed E-state index contributed by atoms with van der Waals surface area (Å²) in [5.41, 5.74) is 0.923. The van der Waals surface area contributed by atoms with Crippen molar-refractivity contribution in [1.82, 2.24) is 10.3 Å². The Hall–Kier alpha value is -3.00. The molecule has 0 radical (unpaired) electrons. The first-order valence-electron chi connectivity index (χ1n) is 8.95. The van der Waals surface area contributed by atoms with Gasteiger partial charge in [-0.3, -0.25) is 9.59 Å². The molecule has 1 aromatic heterocycles. The van der Waals surface area contributed by atoms with Crippen LogP contribution in [0.1, 0.15) is 46.8 Å². The summed E-state index contributed by atoms with van der Waals surface area (Å²) in [6.07, 6.45) is 0.443. The largest absolute Gasteiger partial charge is 0.462 e. The van der Waals surface area contributed by atoms with Crippen molar-refractivity contribution in [3.05, 3.63) is 47.0 Å². The van der Waals surface area contributed by atoms with Crippen molar-refractivity contribution in [1.29, 1.82) is 0 Å². The zero-order valence-electron chi connectivity index (χ0n) is 16.0. The van der Waals surface area contributed by atoms with E-state index < -0.39 is 29.5 Å². The lowest BCUT2D eigenvalue weighted by Crippen LogP contribution is -2.41.